The molecule has 7 nitrogen and oxygen atoms in total. The number of hydrogen-bond donors (Lipinski definition) is 3. The Hall–Kier alpha value is -3.09. The van der Waals surface area contributed by atoms with Crippen LogP contribution in [0.15, 0.2) is 36.5 Å². The number of nitrogens with zero attached hydrogens (tertiary/aromatic N) is 1. The van der Waals surface area contributed by atoms with Crippen molar-refractivity contribution >= 4 is 17.6 Å². The van der Waals surface area contributed by atoms with Gasteiger partial charge < -0.3 is 20.7 Å². The molecule has 0 aliphatic rings. The van der Waals surface area contributed by atoms with Crippen LogP contribution >= 0.6 is 0 Å². The number of aromatic nitrogens is 1. The van der Waals surface area contributed by atoms with E-state index in [1.807, 2.05) is 32.0 Å². The molecule has 1 aromatic carbocycles. The SMILES string of the molecule is CNC(=O)CNC(=O)Nc1ccc(Oc2ccc(C)c(C)c2)nc1. The minimum Gasteiger partial charge on any atom is -0.439 e. The van der Waals surface area contributed by atoms with Gasteiger partial charge in [-0.3, -0.25) is 4.79 Å². The Balaban J connectivity index is 1.91. The highest BCUT2D eigenvalue weighted by molar-refractivity contribution is 5.92. The Morgan fingerprint density at radius 3 is 2.54 bits per heavy atom. The molecule has 0 fully saturated rings. The summed E-state index contributed by atoms with van der Waals surface area (Å²) in [5, 5.41) is 7.42. The predicted octanol–water partition coefficient (Wildman–Crippen LogP) is 2.36. The van der Waals surface area contributed by atoms with E-state index in [0.29, 0.717) is 17.3 Å². The van der Waals surface area contributed by atoms with Gasteiger partial charge in [0.05, 0.1) is 18.4 Å². The summed E-state index contributed by atoms with van der Waals surface area (Å²) in [6.07, 6.45) is 1.48. The highest BCUT2D eigenvalue weighted by Crippen LogP contribution is 2.22. The van der Waals surface area contributed by atoms with Crippen molar-refractivity contribution in [2.45, 2.75) is 13.8 Å². The van der Waals surface area contributed by atoms with E-state index >= 15 is 0 Å². The Kier molecular flexibility index (Phi) is 5.73. The normalized spacial score (nSPS) is 9.96. The molecule has 0 atom stereocenters. The van der Waals surface area contributed by atoms with Gasteiger partial charge in [0.2, 0.25) is 11.8 Å². The third-order valence-electron chi connectivity index (χ3n) is 3.38. The summed E-state index contributed by atoms with van der Waals surface area (Å²) in [5.41, 5.74) is 2.83. The Morgan fingerprint density at radius 1 is 1.12 bits per heavy atom. The first-order valence-electron chi connectivity index (χ1n) is 7.44. The molecule has 0 aliphatic heterocycles. The number of nitrogens with one attached hydrogen (secondary N) is 3. The van der Waals surface area contributed by atoms with E-state index < -0.39 is 6.03 Å². The number of urea groups is 1. The van der Waals surface area contributed by atoms with E-state index in [1.165, 1.54) is 18.8 Å². The average molecular weight is 328 g/mol. The molecular formula is C17H20N4O3. The van der Waals surface area contributed by atoms with E-state index in [-0.39, 0.29) is 12.5 Å². The Labute approximate surface area is 140 Å². The fourth-order valence-corrected chi connectivity index (χ4v) is 1.84. The molecular weight excluding hydrogens is 308 g/mol. The molecule has 7 heteroatoms. The molecule has 0 aliphatic carbocycles. The predicted molar refractivity (Wildman–Crippen MR) is 91.3 cm³/mol. The lowest BCUT2D eigenvalue weighted by Gasteiger charge is -2.09. The third-order valence-corrected chi connectivity index (χ3v) is 3.38. The van der Waals surface area contributed by atoms with Gasteiger partial charge in [-0.25, -0.2) is 9.78 Å². The van der Waals surface area contributed by atoms with Gasteiger partial charge in [0.25, 0.3) is 0 Å². The van der Waals surface area contributed by atoms with Gasteiger partial charge in [-0.05, 0) is 43.2 Å². The van der Waals surface area contributed by atoms with Gasteiger partial charge in [0.1, 0.15) is 5.75 Å². The number of hydrogen-bond acceptors (Lipinski definition) is 4. The summed E-state index contributed by atoms with van der Waals surface area (Å²) in [5.74, 6) is 0.851. The lowest BCUT2D eigenvalue weighted by molar-refractivity contribution is -0.119. The van der Waals surface area contributed by atoms with Crippen molar-refractivity contribution in [1.82, 2.24) is 15.6 Å². The lowest BCUT2D eigenvalue weighted by Crippen LogP contribution is -2.37. The van der Waals surface area contributed by atoms with Gasteiger partial charge >= 0.3 is 6.03 Å². The van der Waals surface area contributed by atoms with Gasteiger partial charge in [-0.2, -0.15) is 0 Å². The third kappa shape index (κ3) is 4.98. The molecule has 0 saturated heterocycles. The number of rotatable bonds is 5. The maximum absolute atomic E-state index is 11.6. The molecule has 0 radical (unpaired) electrons. The number of anilines is 1. The quantitative estimate of drug-likeness (QED) is 0.785. The van der Waals surface area contributed by atoms with Crippen LogP contribution in [0.3, 0.4) is 0 Å². The minimum absolute atomic E-state index is 0.0935. The smallest absolute Gasteiger partial charge is 0.319 e. The second-order valence-corrected chi connectivity index (χ2v) is 5.21. The lowest BCUT2D eigenvalue weighted by atomic mass is 10.1. The highest BCUT2D eigenvalue weighted by atomic mass is 16.5. The standard InChI is InChI=1S/C17H20N4O3/c1-11-4-6-14(8-12(11)2)24-16-7-5-13(9-19-16)21-17(23)20-10-15(22)18-3/h4-9H,10H2,1-3H3,(H,18,22)(H2,20,21,23). The molecule has 1 heterocycles. The number of likely N-dealkylation sites (N-methyl/N-ethyl adjacent to an activating group) is 1. The van der Waals surface area contributed by atoms with Crippen LogP contribution in [0.2, 0.25) is 0 Å². The van der Waals surface area contributed by atoms with Crippen molar-refractivity contribution in [3.8, 4) is 11.6 Å². The summed E-state index contributed by atoms with van der Waals surface area (Å²) in [6.45, 7) is 3.96. The maximum Gasteiger partial charge on any atom is 0.319 e. The second kappa shape index (κ2) is 7.96. The molecule has 24 heavy (non-hydrogen) atoms. The summed E-state index contributed by atoms with van der Waals surface area (Å²) < 4.78 is 5.68. The fourth-order valence-electron chi connectivity index (χ4n) is 1.84. The maximum atomic E-state index is 11.6. The Morgan fingerprint density at radius 2 is 1.92 bits per heavy atom. The van der Waals surface area contributed by atoms with Crippen molar-refractivity contribution in [3.05, 3.63) is 47.7 Å². The van der Waals surface area contributed by atoms with Crippen LogP contribution in [0, 0.1) is 13.8 Å². The first-order chi connectivity index (χ1) is 11.5. The first kappa shape index (κ1) is 17.3. The number of aryl methyl sites for hydroxylation is 2. The summed E-state index contributed by atoms with van der Waals surface area (Å²) >= 11 is 0. The van der Waals surface area contributed by atoms with E-state index in [9.17, 15) is 9.59 Å². The van der Waals surface area contributed by atoms with Gasteiger partial charge in [-0.1, -0.05) is 6.07 Å². The molecule has 3 amide bonds. The van der Waals surface area contributed by atoms with E-state index in [1.54, 1.807) is 12.1 Å². The van der Waals surface area contributed by atoms with Crippen LogP contribution in [0.25, 0.3) is 0 Å². The van der Waals surface area contributed by atoms with Crippen LogP contribution in [-0.2, 0) is 4.79 Å². The van der Waals surface area contributed by atoms with Crippen molar-refractivity contribution in [3.63, 3.8) is 0 Å². The molecule has 0 unspecified atom stereocenters. The van der Waals surface area contributed by atoms with Gasteiger partial charge in [0.15, 0.2) is 0 Å². The van der Waals surface area contributed by atoms with Crippen molar-refractivity contribution < 1.29 is 14.3 Å². The molecule has 0 saturated carbocycles. The van der Waals surface area contributed by atoms with E-state index in [4.69, 9.17) is 4.74 Å². The number of carbonyl (C=O) groups excluding carboxylic acids is 2. The van der Waals surface area contributed by atoms with Gasteiger partial charge in [0, 0.05) is 13.1 Å². The molecule has 126 valence electrons. The summed E-state index contributed by atoms with van der Waals surface area (Å²) in [6, 6.07) is 8.64. The van der Waals surface area contributed by atoms with E-state index in [0.717, 1.165) is 5.56 Å². The molecule has 2 rings (SSSR count). The second-order valence-electron chi connectivity index (χ2n) is 5.21. The molecule has 1 aromatic heterocycles. The Bertz CT molecular complexity index is 729. The summed E-state index contributed by atoms with van der Waals surface area (Å²) in [7, 11) is 1.50. The number of pyridine rings is 1. The largest absolute Gasteiger partial charge is 0.439 e. The number of amides is 3. The van der Waals surface area contributed by atoms with Crippen molar-refractivity contribution in [2.24, 2.45) is 0 Å². The highest BCUT2D eigenvalue weighted by Gasteiger charge is 2.05. The van der Waals surface area contributed by atoms with Gasteiger partial charge in [-0.15, -0.1) is 0 Å². The van der Waals surface area contributed by atoms with Crippen LogP contribution in [0.1, 0.15) is 11.1 Å². The zero-order chi connectivity index (χ0) is 17.5. The molecule has 0 spiro atoms. The zero-order valence-electron chi connectivity index (χ0n) is 13.8. The summed E-state index contributed by atoms with van der Waals surface area (Å²) in [4.78, 5) is 26.8. The topological polar surface area (TPSA) is 92.4 Å². The van der Waals surface area contributed by atoms with Crippen LogP contribution < -0.4 is 20.7 Å². The molecule has 0 bridgehead atoms. The van der Waals surface area contributed by atoms with Crippen LogP contribution in [0.4, 0.5) is 10.5 Å². The van der Waals surface area contributed by atoms with Crippen LogP contribution in [-0.4, -0.2) is 30.5 Å². The number of ether oxygens (including phenoxy) is 1. The molecule has 2 aromatic rings. The van der Waals surface area contributed by atoms with E-state index in [2.05, 4.69) is 20.9 Å². The number of carbonyl (C=O) groups is 2. The first-order valence-corrected chi connectivity index (χ1v) is 7.44. The average Bonchev–Trinajstić information content (AvgIpc) is 2.58. The molecule has 3 N–H and O–H groups in total. The van der Waals surface area contributed by atoms with Crippen molar-refractivity contribution in [2.75, 3.05) is 18.9 Å². The monoisotopic (exact) mass is 328 g/mol. The number of benzene rings is 1. The van der Waals surface area contributed by atoms with Crippen molar-refractivity contribution in [1.29, 1.82) is 0 Å². The van der Waals surface area contributed by atoms with Crippen LogP contribution in [0.5, 0.6) is 11.6 Å². The minimum atomic E-state index is -0.483. The zero-order valence-corrected chi connectivity index (χ0v) is 13.8. The fraction of sp³-hybridized carbons (Fsp3) is 0.235.